The maximum atomic E-state index is 12.6. The summed E-state index contributed by atoms with van der Waals surface area (Å²) in [4.78, 5) is 71.0. The summed E-state index contributed by atoms with van der Waals surface area (Å²) in [7, 11) is 0. The predicted molar refractivity (Wildman–Crippen MR) is 136 cm³/mol. The Balaban J connectivity index is 2.18. The monoisotopic (exact) mass is 557 g/mol. The van der Waals surface area contributed by atoms with Crippen LogP contribution in [0.25, 0.3) is 0 Å². The third-order valence-electron chi connectivity index (χ3n) is 5.43. The molecule has 1 aliphatic rings. The quantitative estimate of drug-likeness (QED) is 0.0814. The average Bonchev–Trinajstić information content (AvgIpc) is 3.19. The minimum atomic E-state index is -1.23. The molecule has 1 unspecified atom stereocenters. The minimum absolute atomic E-state index is 0.0104. The average molecular weight is 558 g/mol. The number of carboxylic acid groups (broad SMARTS) is 1. The zero-order valence-electron chi connectivity index (χ0n) is 22.3. The molecule has 6 amide bonds. The Hall–Kier alpha value is -3.56. The highest BCUT2D eigenvalue weighted by Gasteiger charge is 2.28. The summed E-state index contributed by atoms with van der Waals surface area (Å²) in [6.45, 7) is 5.13. The largest absolute Gasteiger partial charge is 0.480 e. The number of urea groups is 1. The molecule has 220 valence electrons. The van der Waals surface area contributed by atoms with E-state index in [-0.39, 0.29) is 89.7 Å². The molecule has 1 rings (SSSR count). The zero-order chi connectivity index (χ0) is 29.2. The Morgan fingerprint density at radius 2 is 1.49 bits per heavy atom. The van der Waals surface area contributed by atoms with Gasteiger partial charge in [0.05, 0.1) is 46.2 Å². The summed E-state index contributed by atoms with van der Waals surface area (Å²) in [5.41, 5.74) is 4.96. The zero-order valence-corrected chi connectivity index (χ0v) is 22.3. The van der Waals surface area contributed by atoms with Crippen molar-refractivity contribution in [3.63, 3.8) is 0 Å². The second-order valence-electron chi connectivity index (χ2n) is 8.87. The third kappa shape index (κ3) is 14.2. The Labute approximate surface area is 226 Å². The summed E-state index contributed by atoms with van der Waals surface area (Å²) < 4.78 is 16.0. The highest BCUT2D eigenvalue weighted by molar-refractivity contribution is 6.12. The van der Waals surface area contributed by atoms with E-state index in [9.17, 15) is 33.9 Å². The number of nitrogens with one attached hydrogen (secondary N) is 3. The number of carbonyl (C=O) groups is 6. The van der Waals surface area contributed by atoms with Crippen LogP contribution >= 0.6 is 0 Å². The SMILES string of the molecule is CC(C)C(NC(=O)CCOCCOCCOCCN1C(=O)C=CC1=O)C(=O)N[C@@H](CCCNC(N)=O)C(=O)O. The fraction of sp³-hybridized carbons (Fsp3) is 0.667. The molecule has 0 aromatic rings. The molecule has 1 heterocycles. The van der Waals surface area contributed by atoms with Crippen LogP contribution in [-0.2, 0) is 38.2 Å². The number of nitrogens with zero attached hydrogens (tertiary/aromatic N) is 1. The van der Waals surface area contributed by atoms with Gasteiger partial charge in [-0.1, -0.05) is 13.8 Å². The molecule has 0 radical (unpaired) electrons. The molecule has 2 atom stereocenters. The van der Waals surface area contributed by atoms with Gasteiger partial charge in [-0.05, 0) is 18.8 Å². The smallest absolute Gasteiger partial charge is 0.326 e. The Morgan fingerprint density at radius 3 is 2.03 bits per heavy atom. The van der Waals surface area contributed by atoms with E-state index < -0.39 is 35.9 Å². The van der Waals surface area contributed by atoms with Gasteiger partial charge in [0, 0.05) is 25.1 Å². The number of carboxylic acids is 1. The number of rotatable bonds is 21. The van der Waals surface area contributed by atoms with Crippen LogP contribution in [0, 0.1) is 5.92 Å². The van der Waals surface area contributed by atoms with E-state index in [1.165, 1.54) is 12.2 Å². The van der Waals surface area contributed by atoms with Gasteiger partial charge in [-0.25, -0.2) is 9.59 Å². The van der Waals surface area contributed by atoms with Crippen LogP contribution in [-0.4, -0.2) is 110 Å². The van der Waals surface area contributed by atoms with Crippen molar-refractivity contribution in [3.05, 3.63) is 12.2 Å². The second-order valence-corrected chi connectivity index (χ2v) is 8.87. The summed E-state index contributed by atoms with van der Waals surface area (Å²) in [6.07, 6.45) is 2.77. The first-order valence-corrected chi connectivity index (χ1v) is 12.7. The van der Waals surface area contributed by atoms with Crippen LogP contribution < -0.4 is 21.7 Å². The molecule has 0 aromatic heterocycles. The number of aliphatic carboxylic acids is 1. The van der Waals surface area contributed by atoms with Crippen LogP contribution in [0.2, 0.25) is 0 Å². The van der Waals surface area contributed by atoms with Crippen molar-refractivity contribution >= 4 is 35.6 Å². The molecule has 0 aromatic carbocycles. The van der Waals surface area contributed by atoms with Crippen molar-refractivity contribution < 1.29 is 48.1 Å². The van der Waals surface area contributed by atoms with Crippen molar-refractivity contribution in [2.45, 2.75) is 45.2 Å². The lowest BCUT2D eigenvalue weighted by molar-refractivity contribution is -0.142. The van der Waals surface area contributed by atoms with Gasteiger partial charge < -0.3 is 41.0 Å². The molecule has 0 bridgehead atoms. The molecule has 0 aliphatic carbocycles. The number of ether oxygens (including phenoxy) is 3. The van der Waals surface area contributed by atoms with E-state index in [2.05, 4.69) is 16.0 Å². The number of amides is 6. The van der Waals surface area contributed by atoms with Crippen LogP contribution in [0.1, 0.15) is 33.1 Å². The Morgan fingerprint density at radius 1 is 0.923 bits per heavy atom. The topological polar surface area (TPSA) is 216 Å². The van der Waals surface area contributed by atoms with Crippen LogP contribution in [0.5, 0.6) is 0 Å². The van der Waals surface area contributed by atoms with E-state index in [4.69, 9.17) is 19.9 Å². The first kappa shape index (κ1) is 33.5. The van der Waals surface area contributed by atoms with Crippen molar-refractivity contribution in [1.29, 1.82) is 0 Å². The van der Waals surface area contributed by atoms with Gasteiger partial charge in [0.15, 0.2) is 0 Å². The molecule has 0 saturated heterocycles. The van der Waals surface area contributed by atoms with E-state index in [0.29, 0.717) is 0 Å². The molecule has 15 heteroatoms. The fourth-order valence-corrected chi connectivity index (χ4v) is 3.33. The van der Waals surface area contributed by atoms with E-state index >= 15 is 0 Å². The number of nitrogens with two attached hydrogens (primary N) is 1. The maximum absolute atomic E-state index is 12.6. The van der Waals surface area contributed by atoms with Crippen LogP contribution in [0.4, 0.5) is 4.79 Å². The number of carbonyl (C=O) groups excluding carboxylic acids is 5. The van der Waals surface area contributed by atoms with Gasteiger partial charge in [-0.3, -0.25) is 24.1 Å². The summed E-state index contributed by atoms with van der Waals surface area (Å²) in [5, 5.41) is 16.8. The van der Waals surface area contributed by atoms with Gasteiger partial charge >= 0.3 is 12.0 Å². The number of imide groups is 1. The Kier molecular flexibility index (Phi) is 16.0. The third-order valence-corrected chi connectivity index (χ3v) is 5.43. The Bertz CT molecular complexity index is 861. The first-order chi connectivity index (χ1) is 18.5. The molecule has 0 saturated carbocycles. The minimum Gasteiger partial charge on any atom is -0.480 e. The molecular weight excluding hydrogens is 518 g/mol. The van der Waals surface area contributed by atoms with Gasteiger partial charge in [-0.2, -0.15) is 0 Å². The van der Waals surface area contributed by atoms with Crippen LogP contribution in [0.15, 0.2) is 12.2 Å². The van der Waals surface area contributed by atoms with Gasteiger partial charge in [0.1, 0.15) is 12.1 Å². The van der Waals surface area contributed by atoms with E-state index in [1.807, 2.05) is 0 Å². The molecule has 0 fully saturated rings. The number of primary amides is 1. The molecule has 6 N–H and O–H groups in total. The van der Waals surface area contributed by atoms with Crippen LogP contribution in [0.3, 0.4) is 0 Å². The number of hydrogen-bond acceptors (Lipinski definition) is 9. The standard InChI is InChI=1S/C24H39N5O10/c1-16(2)21(22(33)27-17(23(34)35)4-3-8-26-24(25)36)28-18(30)7-10-37-12-14-39-15-13-38-11-9-29-19(31)5-6-20(29)32/h5-6,16-17,21H,3-4,7-15H2,1-2H3,(H,27,33)(H,28,30)(H,34,35)(H3,25,26,36)/t17-,21?/m0/s1. The van der Waals surface area contributed by atoms with Gasteiger partial charge in [0.25, 0.3) is 11.8 Å². The molecule has 0 spiro atoms. The highest BCUT2D eigenvalue weighted by Crippen LogP contribution is 2.06. The molecule has 1 aliphatic heterocycles. The summed E-state index contributed by atoms with van der Waals surface area (Å²) >= 11 is 0. The second kappa shape index (κ2) is 18.7. The van der Waals surface area contributed by atoms with E-state index in [0.717, 1.165) is 4.90 Å². The summed E-state index contributed by atoms with van der Waals surface area (Å²) in [5.74, 6) is -3.30. The van der Waals surface area contributed by atoms with Gasteiger partial charge in [0.2, 0.25) is 11.8 Å². The van der Waals surface area contributed by atoms with Crippen molar-refractivity contribution in [1.82, 2.24) is 20.9 Å². The predicted octanol–water partition coefficient (Wildman–Crippen LogP) is -1.49. The first-order valence-electron chi connectivity index (χ1n) is 12.7. The lowest BCUT2D eigenvalue weighted by Crippen LogP contribution is -2.53. The molecular formula is C24H39N5O10. The molecule has 39 heavy (non-hydrogen) atoms. The highest BCUT2D eigenvalue weighted by atomic mass is 16.5. The lowest BCUT2D eigenvalue weighted by Gasteiger charge is -2.24. The summed E-state index contributed by atoms with van der Waals surface area (Å²) in [6, 6.07) is -2.85. The fourth-order valence-electron chi connectivity index (χ4n) is 3.33. The van der Waals surface area contributed by atoms with Crippen molar-refractivity contribution in [3.8, 4) is 0 Å². The number of hydrogen-bond donors (Lipinski definition) is 5. The normalized spacial score (nSPS) is 14.4. The van der Waals surface area contributed by atoms with Crippen molar-refractivity contribution in [2.24, 2.45) is 11.7 Å². The lowest BCUT2D eigenvalue weighted by atomic mass is 10.0. The maximum Gasteiger partial charge on any atom is 0.326 e. The van der Waals surface area contributed by atoms with Crippen molar-refractivity contribution in [2.75, 3.05) is 52.7 Å². The van der Waals surface area contributed by atoms with E-state index in [1.54, 1.807) is 13.8 Å². The molecule has 15 nitrogen and oxygen atoms in total. The van der Waals surface area contributed by atoms with Gasteiger partial charge in [-0.15, -0.1) is 0 Å².